The SMILES string of the molecule is CCN(CC)C(=O)CN1CCCN(Cc2ccc(F)cc2)S1(=O)=O. The zero-order valence-corrected chi connectivity index (χ0v) is 14.9. The van der Waals surface area contributed by atoms with Gasteiger partial charge in [-0.3, -0.25) is 4.79 Å². The molecule has 0 N–H and O–H groups in total. The first-order valence-corrected chi connectivity index (χ1v) is 9.55. The number of amides is 1. The van der Waals surface area contributed by atoms with Crippen LogP contribution in [0.25, 0.3) is 0 Å². The van der Waals surface area contributed by atoms with E-state index in [1.807, 2.05) is 13.8 Å². The molecule has 1 heterocycles. The van der Waals surface area contributed by atoms with E-state index in [2.05, 4.69) is 0 Å². The normalized spacial score (nSPS) is 18.5. The van der Waals surface area contributed by atoms with Gasteiger partial charge in [-0.2, -0.15) is 17.0 Å². The summed E-state index contributed by atoms with van der Waals surface area (Å²) in [4.78, 5) is 13.8. The lowest BCUT2D eigenvalue weighted by Gasteiger charge is -2.35. The largest absolute Gasteiger partial charge is 0.342 e. The molecule has 0 atom stereocenters. The molecule has 0 radical (unpaired) electrons. The Labute approximate surface area is 143 Å². The Balaban J connectivity index is 2.09. The average Bonchev–Trinajstić information content (AvgIpc) is 2.54. The number of benzene rings is 1. The van der Waals surface area contributed by atoms with Crippen LogP contribution in [0.2, 0.25) is 0 Å². The molecule has 1 aliphatic rings. The summed E-state index contributed by atoms with van der Waals surface area (Å²) in [5.74, 6) is -0.543. The maximum Gasteiger partial charge on any atom is 0.282 e. The monoisotopic (exact) mass is 357 g/mol. The van der Waals surface area contributed by atoms with Gasteiger partial charge >= 0.3 is 0 Å². The Bertz CT molecular complexity index is 660. The molecule has 1 aromatic carbocycles. The lowest BCUT2D eigenvalue weighted by atomic mass is 10.2. The number of likely N-dealkylation sites (N-methyl/N-ethyl adjacent to an activating group) is 1. The summed E-state index contributed by atoms with van der Waals surface area (Å²) in [6, 6.07) is 5.77. The van der Waals surface area contributed by atoms with Crippen LogP contribution in [-0.2, 0) is 21.5 Å². The van der Waals surface area contributed by atoms with Gasteiger partial charge in [0, 0.05) is 32.7 Å². The van der Waals surface area contributed by atoms with E-state index in [1.165, 1.54) is 20.7 Å². The summed E-state index contributed by atoms with van der Waals surface area (Å²) in [6.07, 6.45) is 0.659. The van der Waals surface area contributed by atoms with Crippen LogP contribution in [0.5, 0.6) is 0 Å². The van der Waals surface area contributed by atoms with Crippen molar-refractivity contribution in [3.05, 3.63) is 35.6 Å². The number of halogens is 1. The molecule has 0 saturated carbocycles. The van der Waals surface area contributed by atoms with E-state index in [0.29, 0.717) is 32.6 Å². The molecule has 6 nitrogen and oxygen atoms in total. The second-order valence-electron chi connectivity index (χ2n) is 5.72. The second-order valence-corrected chi connectivity index (χ2v) is 7.65. The molecule has 2 rings (SSSR count). The van der Waals surface area contributed by atoms with Crippen molar-refractivity contribution >= 4 is 16.1 Å². The van der Waals surface area contributed by atoms with Gasteiger partial charge in [0.25, 0.3) is 10.2 Å². The van der Waals surface area contributed by atoms with Gasteiger partial charge in [0.1, 0.15) is 5.82 Å². The van der Waals surface area contributed by atoms with Gasteiger partial charge in [-0.25, -0.2) is 4.39 Å². The Morgan fingerprint density at radius 3 is 2.29 bits per heavy atom. The molecule has 1 amide bonds. The van der Waals surface area contributed by atoms with E-state index in [0.717, 1.165) is 5.56 Å². The molecule has 1 saturated heterocycles. The maximum atomic E-state index is 13.0. The van der Waals surface area contributed by atoms with Crippen molar-refractivity contribution in [2.75, 3.05) is 32.7 Å². The van der Waals surface area contributed by atoms with Gasteiger partial charge in [-0.1, -0.05) is 12.1 Å². The van der Waals surface area contributed by atoms with Crippen LogP contribution < -0.4 is 0 Å². The van der Waals surface area contributed by atoms with Crippen molar-refractivity contribution in [3.8, 4) is 0 Å². The number of nitrogens with zero attached hydrogens (tertiary/aromatic N) is 3. The molecule has 8 heteroatoms. The Morgan fingerprint density at radius 2 is 1.71 bits per heavy atom. The zero-order chi connectivity index (χ0) is 17.7. The summed E-state index contributed by atoms with van der Waals surface area (Å²) < 4.78 is 41.0. The van der Waals surface area contributed by atoms with Gasteiger partial charge < -0.3 is 4.90 Å². The summed E-state index contributed by atoms with van der Waals surface area (Å²) in [5.41, 5.74) is 0.719. The highest BCUT2D eigenvalue weighted by Gasteiger charge is 2.35. The van der Waals surface area contributed by atoms with Crippen LogP contribution in [0.1, 0.15) is 25.8 Å². The van der Waals surface area contributed by atoms with Crippen LogP contribution >= 0.6 is 0 Å². The molecule has 0 bridgehead atoms. The first kappa shape index (κ1) is 18.8. The number of hydrogen-bond acceptors (Lipinski definition) is 3. The van der Waals surface area contributed by atoms with E-state index in [9.17, 15) is 17.6 Å². The number of rotatable bonds is 6. The van der Waals surface area contributed by atoms with E-state index in [1.54, 1.807) is 17.0 Å². The van der Waals surface area contributed by atoms with Crippen LogP contribution in [0.3, 0.4) is 0 Å². The van der Waals surface area contributed by atoms with E-state index in [4.69, 9.17) is 0 Å². The lowest BCUT2D eigenvalue weighted by molar-refractivity contribution is -0.131. The van der Waals surface area contributed by atoms with E-state index in [-0.39, 0.29) is 24.8 Å². The molecule has 0 aliphatic carbocycles. The molecule has 0 spiro atoms. The van der Waals surface area contributed by atoms with Crippen molar-refractivity contribution in [1.29, 1.82) is 0 Å². The molecule has 1 fully saturated rings. The fraction of sp³-hybridized carbons (Fsp3) is 0.562. The molecule has 1 aliphatic heterocycles. The Morgan fingerprint density at radius 1 is 1.12 bits per heavy atom. The first-order valence-electron chi connectivity index (χ1n) is 8.16. The van der Waals surface area contributed by atoms with Crippen molar-refractivity contribution < 1.29 is 17.6 Å². The van der Waals surface area contributed by atoms with Crippen molar-refractivity contribution in [2.24, 2.45) is 0 Å². The van der Waals surface area contributed by atoms with Gasteiger partial charge in [0.2, 0.25) is 5.91 Å². The molecular weight excluding hydrogens is 333 g/mol. The quantitative estimate of drug-likeness (QED) is 0.774. The summed E-state index contributed by atoms with van der Waals surface area (Å²) in [6.45, 7) is 5.64. The Kier molecular flexibility index (Phi) is 6.31. The minimum Gasteiger partial charge on any atom is -0.342 e. The second kappa shape index (κ2) is 8.04. The molecule has 134 valence electrons. The third kappa shape index (κ3) is 4.31. The standard InChI is InChI=1S/C16H24FN3O3S/c1-3-18(4-2)16(21)13-20-11-5-10-19(24(20,22)23)12-14-6-8-15(17)9-7-14/h6-9H,3-5,10-13H2,1-2H3. The minimum atomic E-state index is -3.69. The zero-order valence-electron chi connectivity index (χ0n) is 14.1. The fourth-order valence-corrected chi connectivity index (χ4v) is 4.39. The average molecular weight is 357 g/mol. The molecule has 1 aromatic rings. The maximum absolute atomic E-state index is 13.0. The predicted molar refractivity (Wildman–Crippen MR) is 89.8 cm³/mol. The Hall–Kier alpha value is -1.51. The van der Waals surface area contributed by atoms with Crippen LogP contribution in [-0.4, -0.2) is 60.6 Å². The molecule has 0 aromatic heterocycles. The van der Waals surface area contributed by atoms with Crippen LogP contribution in [0, 0.1) is 5.82 Å². The molecule has 24 heavy (non-hydrogen) atoms. The highest BCUT2D eigenvalue weighted by molar-refractivity contribution is 7.86. The minimum absolute atomic E-state index is 0.135. The van der Waals surface area contributed by atoms with Gasteiger partial charge in [0.05, 0.1) is 6.54 Å². The van der Waals surface area contributed by atoms with Gasteiger partial charge in [0.15, 0.2) is 0 Å². The number of hydrogen-bond donors (Lipinski definition) is 0. The smallest absolute Gasteiger partial charge is 0.282 e. The predicted octanol–water partition coefficient (Wildman–Crippen LogP) is 1.45. The van der Waals surface area contributed by atoms with Crippen molar-refractivity contribution in [1.82, 2.24) is 13.5 Å². The van der Waals surface area contributed by atoms with Crippen LogP contribution in [0.15, 0.2) is 24.3 Å². The highest BCUT2D eigenvalue weighted by Crippen LogP contribution is 2.19. The van der Waals surface area contributed by atoms with Crippen molar-refractivity contribution in [3.63, 3.8) is 0 Å². The third-order valence-corrected chi connectivity index (χ3v) is 6.10. The topological polar surface area (TPSA) is 60.9 Å². The third-order valence-electron chi connectivity index (χ3n) is 4.17. The van der Waals surface area contributed by atoms with Gasteiger partial charge in [-0.15, -0.1) is 0 Å². The van der Waals surface area contributed by atoms with Gasteiger partial charge in [-0.05, 0) is 38.0 Å². The highest BCUT2D eigenvalue weighted by atomic mass is 32.2. The molecular formula is C16H24FN3O3S. The van der Waals surface area contributed by atoms with E-state index < -0.39 is 10.2 Å². The molecule has 0 unspecified atom stereocenters. The summed E-state index contributed by atoms with van der Waals surface area (Å²) in [5, 5.41) is 0. The fourth-order valence-electron chi connectivity index (χ4n) is 2.76. The summed E-state index contributed by atoms with van der Waals surface area (Å²) >= 11 is 0. The number of carbonyl (C=O) groups excluding carboxylic acids is 1. The van der Waals surface area contributed by atoms with E-state index >= 15 is 0 Å². The lowest BCUT2D eigenvalue weighted by Crippen LogP contribution is -2.52. The first-order chi connectivity index (χ1) is 11.4. The number of carbonyl (C=O) groups is 1. The van der Waals surface area contributed by atoms with Crippen LogP contribution in [0.4, 0.5) is 4.39 Å². The summed E-state index contributed by atoms with van der Waals surface area (Å²) in [7, 11) is -3.69. The van der Waals surface area contributed by atoms with Crippen molar-refractivity contribution in [2.45, 2.75) is 26.8 Å².